The summed E-state index contributed by atoms with van der Waals surface area (Å²) in [5.41, 5.74) is 1.16. The van der Waals surface area contributed by atoms with Gasteiger partial charge in [-0.2, -0.15) is 0 Å². The van der Waals surface area contributed by atoms with Gasteiger partial charge in [0.2, 0.25) is 5.91 Å². The molecule has 2 aliphatic rings. The van der Waals surface area contributed by atoms with Crippen LogP contribution in [0.25, 0.3) is 0 Å². The summed E-state index contributed by atoms with van der Waals surface area (Å²) >= 11 is 5.91. The van der Waals surface area contributed by atoms with E-state index in [1.165, 1.54) is 6.42 Å². The van der Waals surface area contributed by atoms with E-state index >= 15 is 0 Å². The van der Waals surface area contributed by atoms with Gasteiger partial charge in [0.25, 0.3) is 0 Å². The number of halogens is 1. The van der Waals surface area contributed by atoms with Crippen molar-refractivity contribution < 1.29 is 4.79 Å². The molecule has 0 atom stereocenters. The smallest absolute Gasteiger partial charge is 0.225 e. The van der Waals surface area contributed by atoms with Crippen molar-refractivity contribution in [2.45, 2.75) is 25.8 Å². The van der Waals surface area contributed by atoms with Crippen molar-refractivity contribution >= 4 is 23.5 Å². The highest BCUT2D eigenvalue weighted by molar-refractivity contribution is 6.30. The highest BCUT2D eigenvalue weighted by atomic mass is 35.5. The maximum atomic E-state index is 12.3. The summed E-state index contributed by atoms with van der Waals surface area (Å²) in [5, 5.41) is 7.42. The van der Waals surface area contributed by atoms with Gasteiger partial charge in [-0.05, 0) is 30.5 Å². The van der Waals surface area contributed by atoms with E-state index in [9.17, 15) is 4.79 Å². The molecule has 0 aromatic heterocycles. The number of hydrogen-bond acceptors (Lipinski definition) is 3. The van der Waals surface area contributed by atoms with Crippen molar-refractivity contribution in [2.75, 3.05) is 46.3 Å². The number of guanidine groups is 1. The third kappa shape index (κ3) is 5.84. The zero-order valence-corrected chi connectivity index (χ0v) is 16.8. The number of aliphatic imine (C=N–C) groups is 1. The lowest BCUT2D eigenvalue weighted by molar-refractivity contribution is -0.139. The van der Waals surface area contributed by atoms with Crippen LogP contribution in [0, 0.1) is 5.92 Å². The molecule has 3 rings (SSSR count). The van der Waals surface area contributed by atoms with Crippen LogP contribution in [0.5, 0.6) is 0 Å². The molecule has 0 spiro atoms. The third-order valence-corrected chi connectivity index (χ3v) is 5.71. The Morgan fingerprint density at radius 3 is 2.44 bits per heavy atom. The van der Waals surface area contributed by atoms with Gasteiger partial charge in [0.05, 0.1) is 0 Å². The first-order valence-electron chi connectivity index (χ1n) is 9.86. The van der Waals surface area contributed by atoms with Gasteiger partial charge < -0.3 is 15.5 Å². The van der Waals surface area contributed by atoms with E-state index in [0.29, 0.717) is 18.4 Å². The number of nitrogens with zero attached hydrogens (tertiary/aromatic N) is 3. The summed E-state index contributed by atoms with van der Waals surface area (Å²) in [6, 6.07) is 7.80. The Kier molecular flexibility index (Phi) is 7.35. The fourth-order valence-electron chi connectivity index (χ4n) is 3.45. The molecule has 0 bridgehead atoms. The molecule has 6 nitrogen and oxygen atoms in total. The van der Waals surface area contributed by atoms with Crippen LogP contribution < -0.4 is 10.6 Å². The molecule has 1 amide bonds. The minimum Gasteiger partial charge on any atom is -0.355 e. The molecule has 0 unspecified atom stereocenters. The first-order chi connectivity index (χ1) is 13.2. The predicted molar refractivity (Wildman–Crippen MR) is 110 cm³/mol. The summed E-state index contributed by atoms with van der Waals surface area (Å²) in [6.45, 7) is 6.12. The van der Waals surface area contributed by atoms with Gasteiger partial charge in [0.15, 0.2) is 5.96 Å². The monoisotopic (exact) mass is 391 g/mol. The van der Waals surface area contributed by atoms with E-state index in [1.807, 2.05) is 24.3 Å². The lowest BCUT2D eigenvalue weighted by atomic mass is 9.84. The molecular weight excluding hydrogens is 362 g/mol. The molecule has 1 aromatic carbocycles. The fourth-order valence-corrected chi connectivity index (χ4v) is 3.57. The Balaban J connectivity index is 1.31. The Morgan fingerprint density at radius 1 is 1.15 bits per heavy atom. The average molecular weight is 392 g/mol. The number of hydrogen-bond donors (Lipinski definition) is 2. The van der Waals surface area contributed by atoms with Crippen LogP contribution in [-0.4, -0.2) is 68.0 Å². The van der Waals surface area contributed by atoms with Crippen molar-refractivity contribution in [1.82, 2.24) is 20.4 Å². The molecule has 1 aliphatic carbocycles. The van der Waals surface area contributed by atoms with Gasteiger partial charge in [0, 0.05) is 63.8 Å². The van der Waals surface area contributed by atoms with Gasteiger partial charge in [0.1, 0.15) is 0 Å². The topological polar surface area (TPSA) is 60.0 Å². The Labute approximate surface area is 167 Å². The minimum atomic E-state index is 0.313. The quantitative estimate of drug-likeness (QED) is 0.574. The lowest BCUT2D eigenvalue weighted by Crippen LogP contribution is -2.52. The SMILES string of the molecule is CN=C(NCCN1CCN(C(=O)C2CCC2)CC1)NCc1ccc(Cl)cc1. The second-order valence-corrected chi connectivity index (χ2v) is 7.71. The summed E-state index contributed by atoms with van der Waals surface area (Å²) in [6.07, 6.45) is 3.39. The molecule has 27 heavy (non-hydrogen) atoms. The number of benzene rings is 1. The number of nitrogens with one attached hydrogen (secondary N) is 2. The molecule has 1 heterocycles. The van der Waals surface area contributed by atoms with E-state index in [4.69, 9.17) is 11.6 Å². The van der Waals surface area contributed by atoms with Crippen molar-refractivity contribution in [2.24, 2.45) is 10.9 Å². The van der Waals surface area contributed by atoms with Gasteiger partial charge >= 0.3 is 0 Å². The van der Waals surface area contributed by atoms with Crippen molar-refractivity contribution in [3.05, 3.63) is 34.9 Å². The van der Waals surface area contributed by atoms with Crippen LogP contribution in [0.3, 0.4) is 0 Å². The van der Waals surface area contributed by atoms with Gasteiger partial charge in [-0.3, -0.25) is 14.7 Å². The summed E-state index contributed by atoms with van der Waals surface area (Å²) in [7, 11) is 1.78. The first-order valence-corrected chi connectivity index (χ1v) is 10.2. The number of piperazine rings is 1. The molecule has 0 radical (unpaired) electrons. The first kappa shape index (κ1) is 20.0. The van der Waals surface area contributed by atoms with E-state index in [-0.39, 0.29) is 0 Å². The molecule has 1 aromatic rings. The van der Waals surface area contributed by atoms with Gasteiger partial charge in [-0.1, -0.05) is 30.2 Å². The lowest BCUT2D eigenvalue weighted by Gasteiger charge is -2.38. The van der Waals surface area contributed by atoms with Crippen LogP contribution in [0.1, 0.15) is 24.8 Å². The van der Waals surface area contributed by atoms with Crippen LogP contribution >= 0.6 is 11.6 Å². The van der Waals surface area contributed by atoms with Gasteiger partial charge in [-0.25, -0.2) is 0 Å². The highest BCUT2D eigenvalue weighted by Crippen LogP contribution is 2.28. The highest BCUT2D eigenvalue weighted by Gasteiger charge is 2.30. The normalized spacial score (nSPS) is 18.9. The van der Waals surface area contributed by atoms with Crippen LogP contribution in [0.15, 0.2) is 29.3 Å². The summed E-state index contributed by atoms with van der Waals surface area (Å²) < 4.78 is 0. The molecule has 1 saturated heterocycles. The Bertz CT molecular complexity index is 636. The van der Waals surface area contributed by atoms with Crippen molar-refractivity contribution in [1.29, 1.82) is 0 Å². The van der Waals surface area contributed by atoms with Crippen molar-refractivity contribution in [3.63, 3.8) is 0 Å². The Hall–Kier alpha value is -1.79. The van der Waals surface area contributed by atoms with Crippen LogP contribution in [0.4, 0.5) is 0 Å². The summed E-state index contributed by atoms with van der Waals surface area (Å²) in [4.78, 5) is 21.0. The molecule has 148 valence electrons. The standard InChI is InChI=1S/C20H30ClN5O/c1-22-20(24-15-16-5-7-18(21)8-6-16)23-9-10-25-11-13-26(14-12-25)19(27)17-3-2-4-17/h5-8,17H,2-4,9-15H2,1H3,(H2,22,23,24). The fraction of sp³-hybridized carbons (Fsp3) is 0.600. The molecular formula is C20H30ClN5O. The second kappa shape index (κ2) is 9.95. The second-order valence-electron chi connectivity index (χ2n) is 7.27. The zero-order chi connectivity index (χ0) is 19.1. The predicted octanol–water partition coefficient (Wildman–Crippen LogP) is 1.95. The van der Waals surface area contributed by atoms with Crippen LogP contribution in [0.2, 0.25) is 5.02 Å². The van der Waals surface area contributed by atoms with E-state index in [1.54, 1.807) is 7.05 Å². The molecule has 2 fully saturated rings. The summed E-state index contributed by atoms with van der Waals surface area (Å²) in [5.74, 6) is 1.49. The number of amides is 1. The molecule has 2 N–H and O–H groups in total. The molecule has 7 heteroatoms. The zero-order valence-electron chi connectivity index (χ0n) is 16.1. The third-order valence-electron chi connectivity index (χ3n) is 5.46. The minimum absolute atomic E-state index is 0.313. The van der Waals surface area contributed by atoms with Gasteiger partial charge in [-0.15, -0.1) is 0 Å². The van der Waals surface area contributed by atoms with Crippen molar-refractivity contribution in [3.8, 4) is 0 Å². The maximum absolute atomic E-state index is 12.3. The average Bonchev–Trinajstić information content (AvgIpc) is 2.65. The Morgan fingerprint density at radius 2 is 1.85 bits per heavy atom. The largest absolute Gasteiger partial charge is 0.355 e. The van der Waals surface area contributed by atoms with E-state index in [0.717, 1.165) is 68.7 Å². The molecule has 1 aliphatic heterocycles. The maximum Gasteiger partial charge on any atom is 0.225 e. The van der Waals surface area contributed by atoms with Crippen LogP contribution in [-0.2, 0) is 11.3 Å². The molecule has 1 saturated carbocycles. The number of rotatable bonds is 6. The number of carbonyl (C=O) groups is 1. The van der Waals surface area contributed by atoms with E-state index < -0.39 is 0 Å². The van der Waals surface area contributed by atoms with E-state index in [2.05, 4.69) is 25.4 Å². The number of carbonyl (C=O) groups excluding carboxylic acids is 1.